The molecule has 0 fully saturated rings. The lowest BCUT2D eigenvalue weighted by Gasteiger charge is -2.22. The number of para-hydroxylation sites is 1. The van der Waals surface area contributed by atoms with Crippen LogP contribution in [0.5, 0.6) is 5.75 Å². The highest BCUT2D eigenvalue weighted by atomic mass is 32.2. The Balaban J connectivity index is 2.60. The maximum absolute atomic E-state index is 14.0. The van der Waals surface area contributed by atoms with Crippen LogP contribution in [0.25, 0.3) is 6.08 Å². The number of rotatable bonds is 6. The number of carbonyl (C=O) groups is 1. The number of nitrogens with zero attached hydrogens (tertiary/aromatic N) is 1. The normalized spacial score (nSPS) is 11.5. The van der Waals surface area contributed by atoms with E-state index in [1.807, 2.05) is 0 Å². The van der Waals surface area contributed by atoms with Crippen LogP contribution in [0, 0.1) is 11.6 Å². The van der Waals surface area contributed by atoms with Crippen molar-refractivity contribution in [2.75, 3.05) is 18.5 Å². The Kier molecular flexibility index (Phi) is 5.61. The number of benzene rings is 2. The van der Waals surface area contributed by atoms with Crippen LogP contribution in [0.4, 0.5) is 14.5 Å². The van der Waals surface area contributed by atoms with Gasteiger partial charge in [-0.2, -0.15) is 0 Å². The van der Waals surface area contributed by atoms with E-state index in [2.05, 4.69) is 0 Å². The number of carboxylic acid groups (broad SMARTS) is 1. The average Bonchev–Trinajstić information content (AvgIpc) is 2.59. The van der Waals surface area contributed by atoms with E-state index in [9.17, 15) is 22.0 Å². The van der Waals surface area contributed by atoms with Crippen molar-refractivity contribution < 1.29 is 31.8 Å². The molecule has 0 bridgehead atoms. The second kappa shape index (κ2) is 7.52. The van der Waals surface area contributed by atoms with Gasteiger partial charge in [0, 0.05) is 13.1 Å². The van der Waals surface area contributed by atoms with Gasteiger partial charge in [-0.25, -0.2) is 22.0 Å². The fourth-order valence-electron chi connectivity index (χ4n) is 2.22. The lowest BCUT2D eigenvalue weighted by atomic mass is 10.2. The number of hydrogen-bond acceptors (Lipinski definition) is 4. The summed E-state index contributed by atoms with van der Waals surface area (Å²) in [6.45, 7) is 0. The van der Waals surface area contributed by atoms with Gasteiger partial charge >= 0.3 is 5.97 Å². The molecule has 0 atom stereocenters. The molecule has 0 unspecified atom stereocenters. The second-order valence-corrected chi connectivity index (χ2v) is 7.06. The summed E-state index contributed by atoms with van der Waals surface area (Å²) in [6.07, 6.45) is 2.02. The van der Waals surface area contributed by atoms with Crippen LogP contribution in [0.15, 0.2) is 47.4 Å². The lowest BCUT2D eigenvalue weighted by molar-refractivity contribution is -0.131. The number of methoxy groups -OCH3 is 1. The maximum atomic E-state index is 14.0. The van der Waals surface area contributed by atoms with Crippen LogP contribution in [0.3, 0.4) is 0 Å². The summed E-state index contributed by atoms with van der Waals surface area (Å²) in [7, 11) is -2.14. The monoisotopic (exact) mass is 383 g/mol. The van der Waals surface area contributed by atoms with Crippen LogP contribution >= 0.6 is 0 Å². The van der Waals surface area contributed by atoms with Crippen molar-refractivity contribution >= 4 is 27.8 Å². The molecule has 0 radical (unpaired) electrons. The van der Waals surface area contributed by atoms with Gasteiger partial charge in [-0.1, -0.05) is 12.1 Å². The molecule has 0 saturated carbocycles. The highest BCUT2D eigenvalue weighted by Gasteiger charge is 2.29. The molecule has 2 aromatic rings. The molecule has 0 amide bonds. The van der Waals surface area contributed by atoms with E-state index in [1.54, 1.807) is 0 Å². The molecule has 26 heavy (non-hydrogen) atoms. The van der Waals surface area contributed by atoms with Crippen molar-refractivity contribution in [3.8, 4) is 5.75 Å². The molecule has 0 saturated heterocycles. The van der Waals surface area contributed by atoms with Crippen LogP contribution in [-0.2, 0) is 14.8 Å². The van der Waals surface area contributed by atoms with Gasteiger partial charge < -0.3 is 9.84 Å². The minimum absolute atomic E-state index is 0.0546. The number of carboxylic acids is 1. The third-order valence-electron chi connectivity index (χ3n) is 3.50. The zero-order valence-electron chi connectivity index (χ0n) is 13.8. The summed E-state index contributed by atoms with van der Waals surface area (Å²) in [5.41, 5.74) is -0.477. The summed E-state index contributed by atoms with van der Waals surface area (Å²) in [5, 5.41) is 8.68. The van der Waals surface area contributed by atoms with Gasteiger partial charge in [0.2, 0.25) is 0 Å². The Morgan fingerprint density at radius 3 is 2.35 bits per heavy atom. The van der Waals surface area contributed by atoms with Gasteiger partial charge in [-0.15, -0.1) is 0 Å². The average molecular weight is 383 g/mol. The fourth-order valence-corrected chi connectivity index (χ4v) is 3.62. The molecule has 0 aliphatic carbocycles. The minimum Gasteiger partial charge on any atom is -0.495 e. The quantitative estimate of drug-likeness (QED) is 0.776. The van der Waals surface area contributed by atoms with Crippen molar-refractivity contribution in [2.45, 2.75) is 4.90 Å². The van der Waals surface area contributed by atoms with E-state index in [4.69, 9.17) is 9.84 Å². The summed E-state index contributed by atoms with van der Waals surface area (Å²) in [6, 6.07) is 6.91. The number of aliphatic carboxylic acids is 1. The summed E-state index contributed by atoms with van der Waals surface area (Å²) in [4.78, 5) is 10.3. The number of anilines is 1. The van der Waals surface area contributed by atoms with Gasteiger partial charge in [-0.3, -0.25) is 4.31 Å². The highest BCUT2D eigenvalue weighted by Crippen LogP contribution is 2.32. The molecule has 138 valence electrons. The molecule has 0 aliphatic heterocycles. The number of hydrogen-bond donors (Lipinski definition) is 1. The molecular weight excluding hydrogens is 368 g/mol. The lowest BCUT2D eigenvalue weighted by Crippen LogP contribution is -2.28. The van der Waals surface area contributed by atoms with E-state index >= 15 is 0 Å². The molecule has 6 nitrogen and oxygen atoms in total. The summed E-state index contributed by atoms with van der Waals surface area (Å²) < 4.78 is 59.2. The Bertz CT molecular complexity index is 953. The van der Waals surface area contributed by atoms with Crippen molar-refractivity contribution in [1.82, 2.24) is 0 Å². The first kappa shape index (κ1) is 19.4. The van der Waals surface area contributed by atoms with Crippen LogP contribution in [0.2, 0.25) is 0 Å². The van der Waals surface area contributed by atoms with Gasteiger partial charge in [0.15, 0.2) is 11.6 Å². The molecular formula is C17H15F2NO5S. The SMILES string of the molecule is COc1ccc(/C=C/C(=O)O)cc1S(=O)(=O)N(C)c1c(F)cccc1F. The molecule has 0 aromatic heterocycles. The first-order chi connectivity index (χ1) is 12.2. The molecule has 1 N–H and O–H groups in total. The van der Waals surface area contributed by atoms with E-state index in [1.165, 1.54) is 25.3 Å². The van der Waals surface area contributed by atoms with Crippen LogP contribution < -0.4 is 9.04 Å². The molecule has 2 aromatic carbocycles. The molecule has 0 heterocycles. The van der Waals surface area contributed by atoms with Gasteiger partial charge in [0.1, 0.15) is 16.3 Å². The smallest absolute Gasteiger partial charge is 0.328 e. The molecule has 9 heteroatoms. The number of halogens is 2. The number of sulfonamides is 1. The Morgan fingerprint density at radius 2 is 1.81 bits per heavy atom. The third kappa shape index (κ3) is 3.83. The van der Waals surface area contributed by atoms with Crippen LogP contribution in [0.1, 0.15) is 5.56 Å². The fraction of sp³-hybridized carbons (Fsp3) is 0.118. The summed E-state index contributed by atoms with van der Waals surface area (Å²) in [5.74, 6) is -3.36. The molecule has 2 rings (SSSR count). The van der Waals surface area contributed by atoms with E-state index in [0.717, 1.165) is 37.4 Å². The molecule has 0 aliphatic rings. The second-order valence-electron chi connectivity index (χ2n) is 5.12. The molecule has 0 spiro atoms. The van der Waals surface area contributed by atoms with Crippen LogP contribution in [-0.4, -0.2) is 33.7 Å². The predicted molar refractivity (Wildman–Crippen MR) is 91.6 cm³/mol. The first-order valence-corrected chi connectivity index (χ1v) is 8.64. The van der Waals surface area contributed by atoms with Gasteiger partial charge in [-0.05, 0) is 35.9 Å². The predicted octanol–water partition coefficient (Wildman–Crippen LogP) is 2.90. The Labute approximate surface area is 149 Å². The topological polar surface area (TPSA) is 83.9 Å². The zero-order chi connectivity index (χ0) is 19.5. The van der Waals surface area contributed by atoms with E-state index in [-0.39, 0.29) is 16.2 Å². The van der Waals surface area contributed by atoms with Gasteiger partial charge in [0.25, 0.3) is 10.0 Å². The van der Waals surface area contributed by atoms with Crippen molar-refractivity contribution in [2.24, 2.45) is 0 Å². The van der Waals surface area contributed by atoms with Crippen molar-refractivity contribution in [1.29, 1.82) is 0 Å². The maximum Gasteiger partial charge on any atom is 0.328 e. The van der Waals surface area contributed by atoms with Crippen molar-refractivity contribution in [3.63, 3.8) is 0 Å². The summed E-state index contributed by atoms with van der Waals surface area (Å²) >= 11 is 0. The number of ether oxygens (including phenoxy) is 1. The van der Waals surface area contributed by atoms with E-state index < -0.39 is 33.3 Å². The van der Waals surface area contributed by atoms with E-state index in [0.29, 0.717) is 4.31 Å². The first-order valence-electron chi connectivity index (χ1n) is 7.20. The third-order valence-corrected chi connectivity index (χ3v) is 5.28. The van der Waals surface area contributed by atoms with Gasteiger partial charge in [0.05, 0.1) is 7.11 Å². The zero-order valence-corrected chi connectivity index (χ0v) is 14.6. The largest absolute Gasteiger partial charge is 0.495 e. The Morgan fingerprint density at radius 1 is 1.19 bits per heavy atom. The highest BCUT2D eigenvalue weighted by molar-refractivity contribution is 7.93. The van der Waals surface area contributed by atoms with Crippen molar-refractivity contribution in [3.05, 3.63) is 59.7 Å². The Hall–Kier alpha value is -2.94. The standard InChI is InChI=1S/C17H15F2NO5S/c1-20(17-12(18)4-3-5-13(17)19)26(23,24)15-10-11(7-9-16(21)22)6-8-14(15)25-2/h3-10H,1-2H3,(H,21,22)/b9-7+. The minimum atomic E-state index is -4.39.